The van der Waals surface area contributed by atoms with Crippen LogP contribution in [0.25, 0.3) is 0 Å². The van der Waals surface area contributed by atoms with Gasteiger partial charge in [0.25, 0.3) is 0 Å². The summed E-state index contributed by atoms with van der Waals surface area (Å²) < 4.78 is 5.77. The average molecular weight is 254 g/mol. The molecule has 2 atom stereocenters. The van der Waals surface area contributed by atoms with E-state index >= 15 is 0 Å². The van der Waals surface area contributed by atoms with E-state index in [4.69, 9.17) is 4.74 Å². The van der Waals surface area contributed by atoms with E-state index in [9.17, 15) is 0 Å². The summed E-state index contributed by atoms with van der Waals surface area (Å²) in [6.45, 7) is 9.20. The maximum absolute atomic E-state index is 5.77. The van der Waals surface area contributed by atoms with Gasteiger partial charge >= 0.3 is 0 Å². The van der Waals surface area contributed by atoms with Crippen LogP contribution in [0.15, 0.2) is 0 Å². The standard InChI is InChI=1S/C15H30N2O/c1-14-5-3-8-17(9-6-14)12-15(11-16-2)7-4-10-18-13-15/h14,16H,3-13H2,1-2H3. The van der Waals surface area contributed by atoms with Crippen LogP contribution in [0, 0.1) is 11.3 Å². The van der Waals surface area contributed by atoms with Gasteiger partial charge in [0.15, 0.2) is 0 Å². The summed E-state index contributed by atoms with van der Waals surface area (Å²) in [6.07, 6.45) is 6.70. The summed E-state index contributed by atoms with van der Waals surface area (Å²) in [5.41, 5.74) is 0.362. The number of rotatable bonds is 4. The van der Waals surface area contributed by atoms with Crippen molar-refractivity contribution in [2.75, 3.05) is 46.4 Å². The van der Waals surface area contributed by atoms with Gasteiger partial charge in [-0.05, 0) is 58.2 Å². The Morgan fingerprint density at radius 2 is 2.17 bits per heavy atom. The first-order valence-electron chi connectivity index (χ1n) is 7.69. The Morgan fingerprint density at radius 1 is 1.28 bits per heavy atom. The molecule has 2 unspecified atom stereocenters. The fourth-order valence-electron chi connectivity index (χ4n) is 3.56. The van der Waals surface area contributed by atoms with Gasteiger partial charge in [-0.3, -0.25) is 0 Å². The predicted octanol–water partition coefficient (Wildman–Crippen LogP) is 2.12. The summed E-state index contributed by atoms with van der Waals surface area (Å²) >= 11 is 0. The van der Waals surface area contributed by atoms with Gasteiger partial charge in [0, 0.05) is 25.1 Å². The number of hydrogen-bond acceptors (Lipinski definition) is 3. The third-order valence-corrected chi connectivity index (χ3v) is 4.62. The zero-order chi connectivity index (χ0) is 12.8. The van der Waals surface area contributed by atoms with Crippen LogP contribution in [0.3, 0.4) is 0 Å². The molecule has 106 valence electrons. The summed E-state index contributed by atoms with van der Waals surface area (Å²) in [7, 11) is 2.07. The van der Waals surface area contributed by atoms with Crippen LogP contribution in [-0.4, -0.2) is 51.3 Å². The second-order valence-electron chi connectivity index (χ2n) is 6.50. The molecule has 0 amide bonds. The molecule has 2 aliphatic rings. The number of hydrogen-bond donors (Lipinski definition) is 1. The van der Waals surface area contributed by atoms with E-state index in [1.807, 2.05) is 0 Å². The molecule has 0 aliphatic carbocycles. The molecule has 0 spiro atoms. The molecule has 2 aliphatic heterocycles. The van der Waals surface area contributed by atoms with Crippen molar-refractivity contribution in [2.45, 2.75) is 39.0 Å². The predicted molar refractivity (Wildman–Crippen MR) is 75.9 cm³/mol. The topological polar surface area (TPSA) is 24.5 Å². The lowest BCUT2D eigenvalue weighted by molar-refractivity contribution is -0.0250. The van der Waals surface area contributed by atoms with Crippen molar-refractivity contribution in [3.8, 4) is 0 Å². The van der Waals surface area contributed by atoms with Gasteiger partial charge in [-0.15, -0.1) is 0 Å². The fraction of sp³-hybridized carbons (Fsp3) is 1.00. The minimum absolute atomic E-state index is 0.362. The summed E-state index contributed by atoms with van der Waals surface area (Å²) in [5, 5.41) is 3.39. The van der Waals surface area contributed by atoms with Gasteiger partial charge in [-0.2, -0.15) is 0 Å². The number of nitrogens with zero attached hydrogens (tertiary/aromatic N) is 1. The molecule has 18 heavy (non-hydrogen) atoms. The Labute approximate surface area is 112 Å². The lowest BCUT2D eigenvalue weighted by atomic mass is 9.81. The van der Waals surface area contributed by atoms with E-state index in [1.54, 1.807) is 0 Å². The lowest BCUT2D eigenvalue weighted by Crippen LogP contribution is -2.48. The molecule has 2 saturated heterocycles. The van der Waals surface area contributed by atoms with Crippen molar-refractivity contribution in [3.05, 3.63) is 0 Å². The Kier molecular flexibility index (Phi) is 5.46. The Balaban J connectivity index is 1.90. The van der Waals surface area contributed by atoms with Crippen LogP contribution < -0.4 is 5.32 Å². The second kappa shape index (κ2) is 6.88. The third-order valence-electron chi connectivity index (χ3n) is 4.62. The van der Waals surface area contributed by atoms with Crippen LogP contribution in [0.2, 0.25) is 0 Å². The average Bonchev–Trinajstić information content (AvgIpc) is 2.56. The maximum atomic E-state index is 5.77. The Morgan fingerprint density at radius 3 is 2.89 bits per heavy atom. The Bertz CT molecular complexity index is 233. The Hall–Kier alpha value is -0.120. The van der Waals surface area contributed by atoms with Crippen molar-refractivity contribution < 1.29 is 4.74 Å². The monoisotopic (exact) mass is 254 g/mol. The van der Waals surface area contributed by atoms with Gasteiger partial charge in [0.05, 0.1) is 6.61 Å². The van der Waals surface area contributed by atoms with E-state index in [1.165, 1.54) is 51.7 Å². The molecule has 2 fully saturated rings. The summed E-state index contributed by atoms with van der Waals surface area (Å²) in [5.74, 6) is 0.915. The van der Waals surface area contributed by atoms with E-state index < -0.39 is 0 Å². The van der Waals surface area contributed by atoms with Crippen molar-refractivity contribution in [2.24, 2.45) is 11.3 Å². The van der Waals surface area contributed by atoms with E-state index in [0.29, 0.717) is 5.41 Å². The molecule has 2 rings (SSSR count). The van der Waals surface area contributed by atoms with Gasteiger partial charge in [-0.1, -0.05) is 6.92 Å². The smallest absolute Gasteiger partial charge is 0.0546 e. The normalized spacial score (nSPS) is 35.3. The van der Waals surface area contributed by atoms with Crippen LogP contribution >= 0.6 is 0 Å². The van der Waals surface area contributed by atoms with Crippen molar-refractivity contribution in [1.29, 1.82) is 0 Å². The fourth-order valence-corrected chi connectivity index (χ4v) is 3.56. The number of ether oxygens (including phenoxy) is 1. The molecule has 3 nitrogen and oxygen atoms in total. The number of likely N-dealkylation sites (tertiary alicyclic amines) is 1. The SMILES string of the molecule is CNCC1(CN2CCCC(C)CC2)CCCOC1. The molecule has 0 aromatic carbocycles. The first-order chi connectivity index (χ1) is 8.74. The van der Waals surface area contributed by atoms with E-state index in [2.05, 4.69) is 24.2 Å². The minimum Gasteiger partial charge on any atom is -0.381 e. The first-order valence-corrected chi connectivity index (χ1v) is 7.69. The molecule has 0 bridgehead atoms. The van der Waals surface area contributed by atoms with Gasteiger partial charge in [0.1, 0.15) is 0 Å². The molecule has 2 heterocycles. The molecule has 0 aromatic rings. The van der Waals surface area contributed by atoms with Crippen LogP contribution in [0.5, 0.6) is 0 Å². The largest absolute Gasteiger partial charge is 0.381 e. The summed E-state index contributed by atoms with van der Waals surface area (Å²) in [4.78, 5) is 2.69. The quantitative estimate of drug-likeness (QED) is 0.832. The maximum Gasteiger partial charge on any atom is 0.0546 e. The molecule has 3 heteroatoms. The molecule has 0 radical (unpaired) electrons. The van der Waals surface area contributed by atoms with Crippen molar-refractivity contribution in [3.63, 3.8) is 0 Å². The first kappa shape index (κ1) is 14.3. The minimum atomic E-state index is 0.362. The highest BCUT2D eigenvalue weighted by molar-refractivity contribution is 4.87. The highest BCUT2D eigenvalue weighted by Gasteiger charge is 2.34. The molecule has 0 saturated carbocycles. The van der Waals surface area contributed by atoms with Gasteiger partial charge in [-0.25, -0.2) is 0 Å². The number of nitrogens with one attached hydrogen (secondary N) is 1. The third kappa shape index (κ3) is 3.94. The van der Waals surface area contributed by atoms with E-state index in [-0.39, 0.29) is 0 Å². The van der Waals surface area contributed by atoms with Crippen LogP contribution in [-0.2, 0) is 4.74 Å². The second-order valence-corrected chi connectivity index (χ2v) is 6.50. The van der Waals surface area contributed by atoms with E-state index in [0.717, 1.165) is 25.7 Å². The highest BCUT2D eigenvalue weighted by atomic mass is 16.5. The molecular weight excluding hydrogens is 224 g/mol. The zero-order valence-electron chi connectivity index (χ0n) is 12.2. The molecule has 0 aromatic heterocycles. The lowest BCUT2D eigenvalue weighted by Gasteiger charge is -2.40. The van der Waals surface area contributed by atoms with Crippen LogP contribution in [0.1, 0.15) is 39.0 Å². The van der Waals surface area contributed by atoms with Crippen molar-refractivity contribution in [1.82, 2.24) is 10.2 Å². The summed E-state index contributed by atoms with van der Waals surface area (Å²) in [6, 6.07) is 0. The highest BCUT2D eigenvalue weighted by Crippen LogP contribution is 2.30. The molecule has 1 N–H and O–H groups in total. The van der Waals surface area contributed by atoms with Crippen molar-refractivity contribution >= 4 is 0 Å². The van der Waals surface area contributed by atoms with Crippen LogP contribution in [0.4, 0.5) is 0 Å². The zero-order valence-corrected chi connectivity index (χ0v) is 12.2. The van der Waals surface area contributed by atoms with Gasteiger partial charge < -0.3 is 15.0 Å². The van der Waals surface area contributed by atoms with Gasteiger partial charge in [0.2, 0.25) is 0 Å². The molecular formula is C15H30N2O.